The first-order chi connectivity index (χ1) is 18.3. The molecule has 0 unspecified atom stereocenters. The number of benzene rings is 3. The van der Waals surface area contributed by atoms with E-state index in [0.717, 1.165) is 30.0 Å². The Labute approximate surface area is 227 Å². The van der Waals surface area contributed by atoms with Crippen LogP contribution in [0.25, 0.3) is 11.1 Å². The summed E-state index contributed by atoms with van der Waals surface area (Å²) in [4.78, 5) is 22.7. The number of nitrogens with one attached hydrogen (secondary N) is 2. The molecular weight excluding hydrogens is 540 g/mol. The van der Waals surface area contributed by atoms with Gasteiger partial charge in [0.1, 0.15) is 18.2 Å². The molecule has 0 heterocycles. The topological polar surface area (TPSA) is 87.7 Å². The Morgan fingerprint density at radius 2 is 1.67 bits per heavy atom. The summed E-state index contributed by atoms with van der Waals surface area (Å²) in [6.07, 6.45) is -4.73. The number of carboxylic acids is 1. The number of amides is 1. The zero-order valence-electron chi connectivity index (χ0n) is 21.1. The number of aliphatic carboxylic acids is 1. The fourth-order valence-corrected chi connectivity index (χ4v) is 3.90. The predicted molar refractivity (Wildman–Crippen MR) is 141 cm³/mol. The van der Waals surface area contributed by atoms with E-state index in [1.807, 2.05) is 13.8 Å². The predicted octanol–water partition coefficient (Wildman–Crippen LogP) is 6.88. The van der Waals surface area contributed by atoms with Crippen molar-refractivity contribution in [2.75, 3.05) is 18.5 Å². The molecule has 3 aromatic rings. The molecular formula is C28H27ClF4N2O4. The van der Waals surface area contributed by atoms with E-state index in [-0.39, 0.29) is 59.3 Å². The zero-order valence-corrected chi connectivity index (χ0v) is 21.9. The first-order valence-electron chi connectivity index (χ1n) is 12.0. The van der Waals surface area contributed by atoms with Gasteiger partial charge in [0.25, 0.3) is 5.91 Å². The van der Waals surface area contributed by atoms with Crippen LogP contribution in [0, 0.1) is 11.7 Å². The maximum atomic E-state index is 14.9. The molecule has 0 saturated carbocycles. The van der Waals surface area contributed by atoms with Gasteiger partial charge in [0.2, 0.25) is 0 Å². The van der Waals surface area contributed by atoms with E-state index in [1.54, 1.807) is 24.3 Å². The summed E-state index contributed by atoms with van der Waals surface area (Å²) in [7, 11) is 0. The number of carbonyl (C=O) groups is 2. The van der Waals surface area contributed by atoms with Gasteiger partial charge in [-0.15, -0.1) is 0 Å². The van der Waals surface area contributed by atoms with Crippen LogP contribution in [0.1, 0.15) is 36.2 Å². The van der Waals surface area contributed by atoms with Crippen molar-refractivity contribution in [1.29, 1.82) is 0 Å². The number of hydrogen-bond donors (Lipinski definition) is 3. The maximum absolute atomic E-state index is 14.9. The van der Waals surface area contributed by atoms with Crippen molar-refractivity contribution in [2.24, 2.45) is 5.92 Å². The Morgan fingerprint density at radius 3 is 2.23 bits per heavy atom. The second-order valence-corrected chi connectivity index (χ2v) is 9.52. The van der Waals surface area contributed by atoms with Crippen molar-refractivity contribution in [3.05, 3.63) is 82.6 Å². The highest BCUT2D eigenvalue weighted by Gasteiger charge is 2.31. The molecule has 11 heteroatoms. The Hall–Kier alpha value is -3.79. The van der Waals surface area contributed by atoms with Crippen LogP contribution in [0.2, 0.25) is 5.02 Å². The van der Waals surface area contributed by atoms with Crippen molar-refractivity contribution in [3.8, 4) is 16.9 Å². The molecule has 0 saturated heterocycles. The standard InChI is InChI=1S/C28H27ClF4N2O4/c1-16(2)25(35-19-6-3-17(4-7-19)27(38)34-12-11-26(36)37)15-39-20-8-10-22(24(30)14-20)21-9-5-18(13-23(21)29)28(31,32)33/h3-10,13-14,16,25,35H,11-12,15H2,1-2H3,(H,34,38)(H,36,37)/t25-/m1/s1. The average Bonchev–Trinajstić information content (AvgIpc) is 2.86. The lowest BCUT2D eigenvalue weighted by Gasteiger charge is -2.24. The van der Waals surface area contributed by atoms with Gasteiger partial charge < -0.3 is 20.5 Å². The summed E-state index contributed by atoms with van der Waals surface area (Å²) in [6.45, 7) is 4.15. The SMILES string of the molecule is CC(C)[C@@H](COc1ccc(-c2ccc(C(F)(F)F)cc2Cl)c(F)c1)Nc1ccc(C(=O)NCCC(=O)O)cc1. The second-order valence-electron chi connectivity index (χ2n) is 9.12. The van der Waals surface area contributed by atoms with Crippen LogP contribution in [0.5, 0.6) is 5.75 Å². The van der Waals surface area contributed by atoms with E-state index in [0.29, 0.717) is 5.56 Å². The highest BCUT2D eigenvalue weighted by molar-refractivity contribution is 6.33. The van der Waals surface area contributed by atoms with E-state index in [9.17, 15) is 27.2 Å². The lowest BCUT2D eigenvalue weighted by molar-refractivity contribution is -0.138. The van der Waals surface area contributed by atoms with Gasteiger partial charge in [0.15, 0.2) is 0 Å². The smallest absolute Gasteiger partial charge is 0.416 e. The molecule has 39 heavy (non-hydrogen) atoms. The summed E-state index contributed by atoms with van der Waals surface area (Å²) < 4.78 is 59.4. The van der Waals surface area contributed by atoms with E-state index < -0.39 is 23.5 Å². The van der Waals surface area contributed by atoms with Gasteiger partial charge in [0.05, 0.1) is 18.0 Å². The lowest BCUT2D eigenvalue weighted by atomic mass is 10.0. The van der Waals surface area contributed by atoms with Crippen LogP contribution in [0.3, 0.4) is 0 Å². The van der Waals surface area contributed by atoms with Crippen molar-refractivity contribution in [1.82, 2.24) is 5.32 Å². The monoisotopic (exact) mass is 566 g/mol. The number of hydrogen-bond acceptors (Lipinski definition) is 4. The van der Waals surface area contributed by atoms with Crippen molar-refractivity contribution in [3.63, 3.8) is 0 Å². The number of rotatable bonds is 11. The zero-order chi connectivity index (χ0) is 28.7. The number of halogens is 5. The molecule has 1 amide bonds. The Balaban J connectivity index is 1.63. The van der Waals surface area contributed by atoms with Gasteiger partial charge in [-0.1, -0.05) is 31.5 Å². The van der Waals surface area contributed by atoms with Crippen LogP contribution in [0.15, 0.2) is 60.7 Å². The van der Waals surface area contributed by atoms with E-state index in [1.165, 1.54) is 12.1 Å². The third-order valence-electron chi connectivity index (χ3n) is 5.89. The number of ether oxygens (including phenoxy) is 1. The summed E-state index contributed by atoms with van der Waals surface area (Å²) in [5, 5.41) is 14.3. The van der Waals surface area contributed by atoms with E-state index in [4.69, 9.17) is 21.4 Å². The van der Waals surface area contributed by atoms with Crippen LogP contribution in [0.4, 0.5) is 23.2 Å². The van der Waals surface area contributed by atoms with E-state index in [2.05, 4.69) is 10.6 Å². The minimum absolute atomic E-state index is 0.0277. The number of anilines is 1. The Kier molecular flexibility index (Phi) is 9.80. The van der Waals surface area contributed by atoms with Crippen molar-refractivity contribution in [2.45, 2.75) is 32.5 Å². The fraction of sp³-hybridized carbons (Fsp3) is 0.286. The summed E-state index contributed by atoms with van der Waals surface area (Å²) >= 11 is 6.01. The van der Waals surface area contributed by atoms with Crippen molar-refractivity contribution >= 4 is 29.2 Å². The Morgan fingerprint density at radius 1 is 1.00 bits per heavy atom. The highest BCUT2D eigenvalue weighted by atomic mass is 35.5. The molecule has 0 aliphatic carbocycles. The van der Waals surface area contributed by atoms with Crippen molar-refractivity contribution < 1.29 is 37.0 Å². The van der Waals surface area contributed by atoms with Gasteiger partial charge in [-0.05, 0) is 54.4 Å². The number of alkyl halides is 3. The largest absolute Gasteiger partial charge is 0.491 e. The first kappa shape index (κ1) is 29.8. The summed E-state index contributed by atoms with van der Waals surface area (Å²) in [5.41, 5.74) is 0.364. The van der Waals surface area contributed by atoms with Crippen LogP contribution >= 0.6 is 11.6 Å². The van der Waals surface area contributed by atoms with Gasteiger partial charge in [-0.25, -0.2) is 4.39 Å². The molecule has 3 rings (SSSR count). The van der Waals surface area contributed by atoms with Gasteiger partial charge in [-0.2, -0.15) is 13.2 Å². The van der Waals surface area contributed by atoms with Crippen LogP contribution in [-0.2, 0) is 11.0 Å². The molecule has 0 radical (unpaired) electrons. The molecule has 0 aliphatic heterocycles. The maximum Gasteiger partial charge on any atom is 0.416 e. The molecule has 0 aliphatic rings. The third kappa shape index (κ3) is 8.35. The molecule has 6 nitrogen and oxygen atoms in total. The number of carboxylic acid groups (broad SMARTS) is 1. The molecule has 0 aromatic heterocycles. The highest BCUT2D eigenvalue weighted by Crippen LogP contribution is 2.37. The molecule has 3 N–H and O–H groups in total. The quantitative estimate of drug-likeness (QED) is 0.220. The van der Waals surface area contributed by atoms with Gasteiger partial charge in [-0.3, -0.25) is 9.59 Å². The lowest BCUT2D eigenvalue weighted by Crippen LogP contribution is -2.32. The average molecular weight is 567 g/mol. The fourth-order valence-electron chi connectivity index (χ4n) is 3.62. The third-order valence-corrected chi connectivity index (χ3v) is 6.20. The first-order valence-corrected chi connectivity index (χ1v) is 12.4. The van der Waals surface area contributed by atoms with Gasteiger partial charge >= 0.3 is 12.1 Å². The molecule has 0 bridgehead atoms. The molecule has 0 spiro atoms. The second kappa shape index (κ2) is 12.8. The van der Waals surface area contributed by atoms with Crippen LogP contribution in [-0.4, -0.2) is 36.2 Å². The normalized spacial score (nSPS) is 12.2. The minimum Gasteiger partial charge on any atom is -0.491 e. The van der Waals surface area contributed by atoms with Crippen LogP contribution < -0.4 is 15.4 Å². The Bertz CT molecular complexity index is 1310. The molecule has 208 valence electrons. The molecule has 3 aromatic carbocycles. The minimum atomic E-state index is -4.56. The number of carbonyl (C=O) groups excluding carboxylic acids is 1. The summed E-state index contributed by atoms with van der Waals surface area (Å²) in [5.74, 6) is -1.73. The van der Waals surface area contributed by atoms with Gasteiger partial charge in [0, 0.05) is 40.0 Å². The van der Waals surface area contributed by atoms with E-state index >= 15 is 0 Å². The summed E-state index contributed by atoms with van der Waals surface area (Å²) in [6, 6.07) is 13.3. The molecule has 1 atom stereocenters. The molecule has 0 fully saturated rings.